The second kappa shape index (κ2) is 11.0. The third kappa shape index (κ3) is 6.46. The van der Waals surface area contributed by atoms with Gasteiger partial charge in [0.15, 0.2) is 0 Å². The molecule has 0 saturated heterocycles. The van der Waals surface area contributed by atoms with Crippen LogP contribution >= 0.6 is 11.6 Å². The number of anilines is 2. The van der Waals surface area contributed by atoms with Gasteiger partial charge in [0.25, 0.3) is 0 Å². The van der Waals surface area contributed by atoms with Gasteiger partial charge in [-0.3, -0.25) is 9.59 Å². The standard InChI is InChI=1S/C23H28ClN3O5S/c1-16(28)25-17-8-10-18(11-9-17)26-23(29)15-27(19-6-4-3-5-7-19)33(30,31)20-12-13-22(32-2)21(24)14-20/h8-14,19H,3-7,15H2,1-2H3,(H,25,28)(H,26,29). The maximum atomic E-state index is 13.5. The molecule has 33 heavy (non-hydrogen) atoms. The van der Waals surface area contributed by atoms with E-state index >= 15 is 0 Å². The summed E-state index contributed by atoms with van der Waals surface area (Å²) in [4.78, 5) is 24.0. The van der Waals surface area contributed by atoms with Crippen LogP contribution in [-0.4, -0.2) is 44.2 Å². The molecule has 0 atom stereocenters. The van der Waals surface area contributed by atoms with Crippen molar-refractivity contribution in [3.63, 3.8) is 0 Å². The van der Waals surface area contributed by atoms with E-state index in [1.165, 1.54) is 36.5 Å². The zero-order valence-electron chi connectivity index (χ0n) is 18.6. The highest BCUT2D eigenvalue weighted by Crippen LogP contribution is 2.32. The van der Waals surface area contributed by atoms with Gasteiger partial charge in [-0.2, -0.15) is 4.31 Å². The number of amides is 2. The summed E-state index contributed by atoms with van der Waals surface area (Å²) in [6.07, 6.45) is 4.26. The van der Waals surface area contributed by atoms with Crippen molar-refractivity contribution < 1.29 is 22.7 Å². The Hall–Kier alpha value is -2.62. The molecule has 1 saturated carbocycles. The van der Waals surface area contributed by atoms with Gasteiger partial charge in [-0.05, 0) is 55.3 Å². The van der Waals surface area contributed by atoms with Crippen molar-refractivity contribution in [2.45, 2.75) is 50.0 Å². The van der Waals surface area contributed by atoms with E-state index < -0.39 is 15.9 Å². The van der Waals surface area contributed by atoms with Gasteiger partial charge in [0.2, 0.25) is 21.8 Å². The molecule has 1 aliphatic rings. The molecule has 0 aliphatic heterocycles. The summed E-state index contributed by atoms with van der Waals surface area (Å²) >= 11 is 6.17. The fourth-order valence-corrected chi connectivity index (χ4v) is 5.90. The van der Waals surface area contributed by atoms with Crippen LogP contribution in [0, 0.1) is 0 Å². The van der Waals surface area contributed by atoms with Crippen LogP contribution in [0.3, 0.4) is 0 Å². The minimum absolute atomic E-state index is 0.0198. The van der Waals surface area contributed by atoms with E-state index in [1.54, 1.807) is 24.3 Å². The maximum absolute atomic E-state index is 13.5. The number of hydrogen-bond donors (Lipinski definition) is 2. The van der Waals surface area contributed by atoms with E-state index in [9.17, 15) is 18.0 Å². The van der Waals surface area contributed by atoms with Gasteiger partial charge in [0, 0.05) is 24.3 Å². The number of carbonyl (C=O) groups is 2. The third-order valence-corrected chi connectivity index (χ3v) is 7.69. The third-order valence-electron chi connectivity index (χ3n) is 5.50. The fraction of sp³-hybridized carbons (Fsp3) is 0.391. The van der Waals surface area contributed by atoms with Crippen molar-refractivity contribution in [3.05, 3.63) is 47.5 Å². The monoisotopic (exact) mass is 493 g/mol. The van der Waals surface area contributed by atoms with E-state index in [-0.39, 0.29) is 28.4 Å². The summed E-state index contributed by atoms with van der Waals surface area (Å²) in [5.41, 5.74) is 1.10. The number of halogens is 1. The first-order valence-electron chi connectivity index (χ1n) is 10.7. The molecule has 1 aliphatic carbocycles. The smallest absolute Gasteiger partial charge is 0.243 e. The Morgan fingerprint density at radius 3 is 2.18 bits per heavy atom. The SMILES string of the molecule is COc1ccc(S(=O)(=O)N(CC(=O)Nc2ccc(NC(C)=O)cc2)C2CCCCC2)cc1Cl. The Labute approximate surface area is 199 Å². The number of nitrogens with one attached hydrogen (secondary N) is 2. The molecule has 2 aromatic rings. The summed E-state index contributed by atoms with van der Waals surface area (Å²) < 4.78 is 33.5. The second-order valence-electron chi connectivity index (χ2n) is 7.95. The number of ether oxygens (including phenoxy) is 1. The van der Waals surface area contributed by atoms with E-state index in [0.29, 0.717) is 30.0 Å². The minimum Gasteiger partial charge on any atom is -0.495 e. The van der Waals surface area contributed by atoms with Crippen LogP contribution in [0.1, 0.15) is 39.0 Å². The molecule has 0 aromatic heterocycles. The zero-order valence-corrected chi connectivity index (χ0v) is 20.2. The first kappa shape index (κ1) is 25.0. The van der Waals surface area contributed by atoms with Gasteiger partial charge in [0.1, 0.15) is 5.75 Å². The molecule has 2 aromatic carbocycles. The molecular formula is C23H28ClN3O5S. The fourth-order valence-electron chi connectivity index (χ4n) is 3.90. The molecule has 0 bridgehead atoms. The number of sulfonamides is 1. The van der Waals surface area contributed by atoms with Crippen LogP contribution in [0.15, 0.2) is 47.4 Å². The van der Waals surface area contributed by atoms with Crippen LogP contribution < -0.4 is 15.4 Å². The van der Waals surface area contributed by atoms with Crippen LogP contribution in [0.5, 0.6) is 5.75 Å². The van der Waals surface area contributed by atoms with Gasteiger partial charge >= 0.3 is 0 Å². The average Bonchev–Trinajstić information content (AvgIpc) is 2.79. The van der Waals surface area contributed by atoms with Gasteiger partial charge in [-0.15, -0.1) is 0 Å². The quantitative estimate of drug-likeness (QED) is 0.571. The lowest BCUT2D eigenvalue weighted by Gasteiger charge is -2.33. The number of carbonyl (C=O) groups excluding carboxylic acids is 2. The molecule has 0 radical (unpaired) electrons. The molecule has 2 amide bonds. The Morgan fingerprint density at radius 2 is 1.64 bits per heavy atom. The van der Waals surface area contributed by atoms with E-state index in [0.717, 1.165) is 19.3 Å². The largest absolute Gasteiger partial charge is 0.495 e. The highest BCUT2D eigenvalue weighted by molar-refractivity contribution is 7.89. The number of nitrogens with zero attached hydrogens (tertiary/aromatic N) is 1. The summed E-state index contributed by atoms with van der Waals surface area (Å²) in [6, 6.07) is 10.6. The van der Waals surface area contributed by atoms with Crippen molar-refractivity contribution in [1.29, 1.82) is 0 Å². The first-order valence-corrected chi connectivity index (χ1v) is 12.6. The van der Waals surface area contributed by atoms with Gasteiger partial charge in [-0.25, -0.2) is 8.42 Å². The Kier molecular flexibility index (Phi) is 8.34. The Bertz CT molecular complexity index is 1100. The van der Waals surface area contributed by atoms with E-state index in [1.807, 2.05) is 0 Å². The Balaban J connectivity index is 1.81. The summed E-state index contributed by atoms with van der Waals surface area (Å²) in [5.74, 6) is -0.268. The summed E-state index contributed by atoms with van der Waals surface area (Å²) in [7, 11) is -2.52. The molecular weight excluding hydrogens is 466 g/mol. The lowest BCUT2D eigenvalue weighted by atomic mass is 9.95. The minimum atomic E-state index is -3.97. The van der Waals surface area contributed by atoms with Gasteiger partial charge in [-0.1, -0.05) is 30.9 Å². The zero-order chi connectivity index (χ0) is 24.0. The number of rotatable bonds is 8. The van der Waals surface area contributed by atoms with Crippen LogP contribution in [0.2, 0.25) is 5.02 Å². The molecule has 3 rings (SSSR count). The molecule has 0 unspecified atom stereocenters. The van der Waals surface area contributed by atoms with Crippen LogP contribution in [0.25, 0.3) is 0 Å². The van der Waals surface area contributed by atoms with Gasteiger partial charge in [0.05, 0.1) is 23.6 Å². The predicted octanol–water partition coefficient (Wildman–Crippen LogP) is 4.27. The van der Waals surface area contributed by atoms with Crippen molar-refractivity contribution in [2.75, 3.05) is 24.3 Å². The topological polar surface area (TPSA) is 105 Å². The predicted molar refractivity (Wildman–Crippen MR) is 128 cm³/mol. The number of methoxy groups -OCH3 is 1. The maximum Gasteiger partial charge on any atom is 0.243 e. The van der Waals surface area contributed by atoms with Crippen molar-refractivity contribution >= 4 is 44.8 Å². The molecule has 10 heteroatoms. The van der Waals surface area contributed by atoms with Crippen LogP contribution in [-0.2, 0) is 19.6 Å². The molecule has 1 fully saturated rings. The highest BCUT2D eigenvalue weighted by atomic mass is 35.5. The highest BCUT2D eigenvalue weighted by Gasteiger charge is 2.34. The summed E-state index contributed by atoms with van der Waals surface area (Å²) in [5, 5.41) is 5.58. The molecule has 8 nitrogen and oxygen atoms in total. The Morgan fingerprint density at radius 1 is 1.03 bits per heavy atom. The lowest BCUT2D eigenvalue weighted by molar-refractivity contribution is -0.117. The van der Waals surface area contributed by atoms with E-state index in [4.69, 9.17) is 16.3 Å². The first-order chi connectivity index (χ1) is 15.7. The van der Waals surface area contributed by atoms with Crippen LogP contribution in [0.4, 0.5) is 11.4 Å². The number of hydrogen-bond acceptors (Lipinski definition) is 5. The molecule has 178 valence electrons. The van der Waals surface area contributed by atoms with Crippen molar-refractivity contribution in [3.8, 4) is 5.75 Å². The van der Waals surface area contributed by atoms with Gasteiger partial charge < -0.3 is 15.4 Å². The van der Waals surface area contributed by atoms with Crippen molar-refractivity contribution in [2.24, 2.45) is 0 Å². The second-order valence-corrected chi connectivity index (χ2v) is 10.2. The summed E-state index contributed by atoms with van der Waals surface area (Å²) in [6.45, 7) is 1.09. The molecule has 0 spiro atoms. The lowest BCUT2D eigenvalue weighted by Crippen LogP contribution is -2.45. The van der Waals surface area contributed by atoms with Crippen molar-refractivity contribution in [1.82, 2.24) is 4.31 Å². The van der Waals surface area contributed by atoms with E-state index in [2.05, 4.69) is 10.6 Å². The molecule has 2 N–H and O–H groups in total. The number of benzene rings is 2. The average molecular weight is 494 g/mol. The molecule has 0 heterocycles. The normalized spacial score (nSPS) is 14.7.